The molecule has 0 bridgehead atoms. The summed E-state index contributed by atoms with van der Waals surface area (Å²) < 4.78 is 44.2. The Bertz CT molecular complexity index is 1020. The van der Waals surface area contributed by atoms with Gasteiger partial charge >= 0.3 is 5.97 Å². The Morgan fingerprint density at radius 3 is 2.31 bits per heavy atom. The Labute approximate surface area is 231 Å². The molecular weight excluding hydrogens is 504 g/mol. The summed E-state index contributed by atoms with van der Waals surface area (Å²) in [6.07, 6.45) is 4.18. The molecule has 39 heavy (non-hydrogen) atoms. The summed E-state index contributed by atoms with van der Waals surface area (Å²) in [6.45, 7) is 8.36. The third-order valence-corrected chi connectivity index (χ3v) is 5.43. The normalized spacial score (nSPS) is 11.2. The standard InChI is InChI=1S/C30H42O9/c1-6-9-15-37-28-19-23(20-29(35-7-2)30(31)36-8-3)10-13-26(28)38-16-14-24-11-12-25(21-27(24)33-5)39-22-34-18-17-32-4/h10-13,19-21H,6-9,14-18,22H2,1-5H3/b29-20-. The quantitative estimate of drug-likeness (QED) is 0.0708. The van der Waals surface area contributed by atoms with E-state index < -0.39 is 5.97 Å². The summed E-state index contributed by atoms with van der Waals surface area (Å²) >= 11 is 0. The molecule has 2 aromatic rings. The van der Waals surface area contributed by atoms with Gasteiger partial charge in [-0.25, -0.2) is 4.79 Å². The molecule has 9 heteroatoms. The third kappa shape index (κ3) is 11.5. The molecule has 0 radical (unpaired) electrons. The molecule has 0 aliphatic rings. The SMILES string of the molecule is CCCCOc1cc(/C=C(\OCC)C(=O)OCC)ccc1OCCc1ccc(OCOCCOC)cc1OC. The molecule has 0 unspecified atom stereocenters. The molecule has 0 aromatic heterocycles. The number of methoxy groups -OCH3 is 2. The van der Waals surface area contributed by atoms with Crippen molar-refractivity contribution in [1.82, 2.24) is 0 Å². The Morgan fingerprint density at radius 2 is 1.59 bits per heavy atom. The van der Waals surface area contributed by atoms with Crippen LogP contribution in [-0.2, 0) is 30.2 Å². The van der Waals surface area contributed by atoms with E-state index in [1.807, 2.05) is 43.3 Å². The fourth-order valence-electron chi connectivity index (χ4n) is 3.44. The van der Waals surface area contributed by atoms with Crippen LogP contribution in [0.15, 0.2) is 42.2 Å². The van der Waals surface area contributed by atoms with Crippen molar-refractivity contribution in [2.75, 3.05) is 60.7 Å². The second kappa shape index (κ2) is 18.8. The summed E-state index contributed by atoms with van der Waals surface area (Å²) in [5.74, 6) is 2.21. The maximum atomic E-state index is 12.2. The number of hydrogen-bond donors (Lipinski definition) is 0. The van der Waals surface area contributed by atoms with Crippen LogP contribution < -0.4 is 18.9 Å². The highest BCUT2D eigenvalue weighted by atomic mass is 16.7. The van der Waals surface area contributed by atoms with E-state index in [0.717, 1.165) is 24.0 Å². The van der Waals surface area contributed by atoms with E-state index in [1.165, 1.54) is 0 Å². The number of rotatable bonds is 20. The summed E-state index contributed by atoms with van der Waals surface area (Å²) in [5, 5.41) is 0. The molecule has 0 fully saturated rings. The van der Waals surface area contributed by atoms with Crippen LogP contribution in [-0.4, -0.2) is 66.6 Å². The van der Waals surface area contributed by atoms with E-state index in [4.69, 9.17) is 37.9 Å². The highest BCUT2D eigenvalue weighted by Gasteiger charge is 2.14. The number of hydrogen-bond acceptors (Lipinski definition) is 9. The molecule has 2 rings (SSSR count). The Morgan fingerprint density at radius 1 is 0.795 bits per heavy atom. The molecule has 2 aromatic carbocycles. The van der Waals surface area contributed by atoms with Crippen molar-refractivity contribution in [2.24, 2.45) is 0 Å². The zero-order valence-corrected chi connectivity index (χ0v) is 23.8. The molecule has 0 N–H and O–H groups in total. The molecule has 0 aliphatic carbocycles. The van der Waals surface area contributed by atoms with Crippen LogP contribution in [0.25, 0.3) is 6.08 Å². The van der Waals surface area contributed by atoms with E-state index in [-0.39, 0.29) is 19.2 Å². The molecule has 0 saturated carbocycles. The minimum absolute atomic E-state index is 0.132. The number of carbonyl (C=O) groups excluding carboxylic acids is 1. The molecule has 0 heterocycles. The average Bonchev–Trinajstić information content (AvgIpc) is 2.94. The largest absolute Gasteiger partial charge is 0.496 e. The number of carbonyl (C=O) groups is 1. The fourth-order valence-corrected chi connectivity index (χ4v) is 3.44. The van der Waals surface area contributed by atoms with Gasteiger partial charge in [-0.1, -0.05) is 25.5 Å². The fraction of sp³-hybridized carbons (Fsp3) is 0.500. The van der Waals surface area contributed by atoms with Crippen molar-refractivity contribution in [3.05, 3.63) is 53.3 Å². The van der Waals surface area contributed by atoms with Crippen molar-refractivity contribution < 1.29 is 42.7 Å². The van der Waals surface area contributed by atoms with E-state index in [2.05, 4.69) is 6.92 Å². The minimum Gasteiger partial charge on any atom is -0.496 e. The van der Waals surface area contributed by atoms with E-state index in [1.54, 1.807) is 27.2 Å². The molecule has 9 nitrogen and oxygen atoms in total. The van der Waals surface area contributed by atoms with Crippen LogP contribution >= 0.6 is 0 Å². The van der Waals surface area contributed by atoms with Gasteiger partial charge in [-0.2, -0.15) is 0 Å². The maximum Gasteiger partial charge on any atom is 0.373 e. The smallest absolute Gasteiger partial charge is 0.373 e. The van der Waals surface area contributed by atoms with Gasteiger partial charge in [0.2, 0.25) is 5.76 Å². The predicted molar refractivity (Wildman–Crippen MR) is 149 cm³/mol. The first-order valence-corrected chi connectivity index (χ1v) is 13.3. The van der Waals surface area contributed by atoms with Crippen LogP contribution in [0.2, 0.25) is 0 Å². The molecule has 0 aliphatic heterocycles. The van der Waals surface area contributed by atoms with E-state index in [0.29, 0.717) is 62.5 Å². The van der Waals surface area contributed by atoms with Gasteiger partial charge in [0.05, 0.1) is 46.8 Å². The lowest BCUT2D eigenvalue weighted by atomic mass is 10.1. The predicted octanol–water partition coefficient (Wildman–Crippen LogP) is 5.44. The average molecular weight is 547 g/mol. The van der Waals surface area contributed by atoms with Crippen molar-refractivity contribution in [3.8, 4) is 23.0 Å². The lowest BCUT2D eigenvalue weighted by molar-refractivity contribution is -0.142. The molecule has 0 saturated heterocycles. The van der Waals surface area contributed by atoms with Gasteiger partial charge in [-0.15, -0.1) is 0 Å². The van der Waals surface area contributed by atoms with Gasteiger partial charge in [0, 0.05) is 19.6 Å². The Hall–Kier alpha value is -3.43. The highest BCUT2D eigenvalue weighted by Crippen LogP contribution is 2.31. The maximum absolute atomic E-state index is 12.2. The molecular formula is C30H42O9. The number of benzene rings is 2. The monoisotopic (exact) mass is 546 g/mol. The van der Waals surface area contributed by atoms with Crippen LogP contribution in [0.1, 0.15) is 44.7 Å². The Balaban J connectivity index is 2.09. The van der Waals surface area contributed by atoms with Crippen molar-refractivity contribution in [1.29, 1.82) is 0 Å². The molecule has 0 amide bonds. The summed E-state index contributed by atoms with van der Waals surface area (Å²) in [5.41, 5.74) is 1.72. The minimum atomic E-state index is -0.503. The highest BCUT2D eigenvalue weighted by molar-refractivity contribution is 5.91. The van der Waals surface area contributed by atoms with E-state index >= 15 is 0 Å². The first-order chi connectivity index (χ1) is 19.1. The Kier molecular flexibility index (Phi) is 15.3. The van der Waals surface area contributed by atoms with Gasteiger partial charge < -0.3 is 37.9 Å². The van der Waals surface area contributed by atoms with Crippen molar-refractivity contribution in [2.45, 2.75) is 40.0 Å². The van der Waals surface area contributed by atoms with Gasteiger partial charge in [0.15, 0.2) is 18.3 Å². The van der Waals surface area contributed by atoms with Gasteiger partial charge in [0.1, 0.15) is 11.5 Å². The van der Waals surface area contributed by atoms with Crippen LogP contribution in [0.3, 0.4) is 0 Å². The number of ether oxygens (including phenoxy) is 8. The van der Waals surface area contributed by atoms with Gasteiger partial charge in [0.25, 0.3) is 0 Å². The van der Waals surface area contributed by atoms with Gasteiger partial charge in [-0.3, -0.25) is 0 Å². The van der Waals surface area contributed by atoms with Gasteiger partial charge in [-0.05, 0) is 55.7 Å². The van der Waals surface area contributed by atoms with Crippen molar-refractivity contribution in [3.63, 3.8) is 0 Å². The van der Waals surface area contributed by atoms with Crippen LogP contribution in [0.5, 0.6) is 23.0 Å². The molecule has 216 valence electrons. The first-order valence-electron chi connectivity index (χ1n) is 13.3. The molecule has 0 atom stereocenters. The number of unbranched alkanes of at least 4 members (excludes halogenated alkanes) is 1. The summed E-state index contributed by atoms with van der Waals surface area (Å²) in [4.78, 5) is 12.2. The second-order valence-electron chi connectivity index (χ2n) is 8.31. The first kappa shape index (κ1) is 31.8. The zero-order chi connectivity index (χ0) is 28.3. The van der Waals surface area contributed by atoms with Crippen LogP contribution in [0, 0.1) is 0 Å². The molecule has 0 spiro atoms. The lowest BCUT2D eigenvalue weighted by Crippen LogP contribution is -2.10. The second-order valence-corrected chi connectivity index (χ2v) is 8.31. The summed E-state index contributed by atoms with van der Waals surface area (Å²) in [6, 6.07) is 11.2. The van der Waals surface area contributed by atoms with Crippen molar-refractivity contribution >= 4 is 12.0 Å². The zero-order valence-electron chi connectivity index (χ0n) is 23.8. The van der Waals surface area contributed by atoms with Crippen LogP contribution in [0.4, 0.5) is 0 Å². The van der Waals surface area contributed by atoms with E-state index in [9.17, 15) is 4.79 Å². The number of esters is 1. The third-order valence-electron chi connectivity index (χ3n) is 5.43. The lowest BCUT2D eigenvalue weighted by Gasteiger charge is -2.15. The topological polar surface area (TPSA) is 90.9 Å². The summed E-state index contributed by atoms with van der Waals surface area (Å²) in [7, 11) is 3.24.